The monoisotopic (exact) mass is 275 g/mol. The predicted molar refractivity (Wildman–Crippen MR) is 72.8 cm³/mol. The second kappa shape index (κ2) is 6.10. The minimum absolute atomic E-state index is 0.165. The normalized spacial score (nSPS) is 15.7. The summed E-state index contributed by atoms with van der Waals surface area (Å²) in [7, 11) is 0. The van der Waals surface area contributed by atoms with Crippen molar-refractivity contribution >= 4 is 11.9 Å². The summed E-state index contributed by atoms with van der Waals surface area (Å²) < 4.78 is 5.00. The van der Waals surface area contributed by atoms with E-state index in [4.69, 9.17) is 15.7 Å². The molecule has 0 unspecified atom stereocenters. The molecule has 0 saturated carbocycles. The molecule has 2 heterocycles. The third kappa shape index (κ3) is 2.74. The maximum Gasteiger partial charge on any atom is 0.410 e. The van der Waals surface area contributed by atoms with E-state index in [0.29, 0.717) is 18.7 Å². The Kier molecular flexibility index (Phi) is 4.25. The first kappa shape index (κ1) is 13.9. The van der Waals surface area contributed by atoms with E-state index in [0.717, 1.165) is 18.5 Å². The van der Waals surface area contributed by atoms with Crippen LogP contribution in [0.2, 0.25) is 0 Å². The number of H-pyrrole nitrogens is 1. The number of piperidine rings is 1. The van der Waals surface area contributed by atoms with Gasteiger partial charge in [0.1, 0.15) is 18.2 Å². The number of nitrogens with two attached hydrogens (primary N) is 1. The van der Waals surface area contributed by atoms with Crippen molar-refractivity contribution in [1.82, 2.24) is 15.1 Å². The van der Waals surface area contributed by atoms with Gasteiger partial charge in [-0.3, -0.25) is 5.10 Å². The SMILES string of the molecule is C=CCOC(=O)N1CCC(c2[nH]nc(N)c2C#N)CC1. The number of amides is 1. The molecule has 2 rings (SSSR count). The fourth-order valence-corrected chi connectivity index (χ4v) is 2.36. The summed E-state index contributed by atoms with van der Waals surface area (Å²) in [5.74, 6) is 0.397. The molecule has 0 radical (unpaired) electrons. The van der Waals surface area contributed by atoms with Gasteiger partial charge in [-0.25, -0.2) is 4.79 Å². The highest BCUT2D eigenvalue weighted by atomic mass is 16.6. The Balaban J connectivity index is 1.96. The van der Waals surface area contributed by atoms with Crippen LogP contribution in [0.25, 0.3) is 0 Å². The molecule has 1 saturated heterocycles. The number of nitriles is 1. The van der Waals surface area contributed by atoms with E-state index in [1.54, 1.807) is 4.90 Å². The Hall–Kier alpha value is -2.49. The molecule has 7 nitrogen and oxygen atoms in total. The van der Waals surface area contributed by atoms with Crippen molar-refractivity contribution in [3.05, 3.63) is 23.9 Å². The van der Waals surface area contributed by atoms with Crippen molar-refractivity contribution in [2.24, 2.45) is 0 Å². The lowest BCUT2D eigenvalue weighted by Crippen LogP contribution is -2.38. The van der Waals surface area contributed by atoms with Gasteiger partial charge in [0.25, 0.3) is 0 Å². The number of hydrogen-bond acceptors (Lipinski definition) is 5. The summed E-state index contributed by atoms with van der Waals surface area (Å²) in [4.78, 5) is 13.3. The number of aromatic amines is 1. The molecule has 7 heteroatoms. The summed E-state index contributed by atoms with van der Waals surface area (Å²) in [5, 5.41) is 15.8. The number of nitrogens with one attached hydrogen (secondary N) is 1. The smallest absolute Gasteiger partial charge is 0.410 e. The molecule has 1 aliphatic heterocycles. The summed E-state index contributed by atoms with van der Waals surface area (Å²) in [6, 6.07) is 2.07. The van der Waals surface area contributed by atoms with E-state index in [1.165, 1.54) is 6.08 Å². The molecule has 0 bridgehead atoms. The number of likely N-dealkylation sites (tertiary alicyclic amines) is 1. The zero-order chi connectivity index (χ0) is 14.5. The minimum Gasteiger partial charge on any atom is -0.445 e. The molecular formula is C13H17N5O2. The first-order chi connectivity index (χ1) is 9.67. The molecule has 1 fully saturated rings. The zero-order valence-electron chi connectivity index (χ0n) is 11.1. The largest absolute Gasteiger partial charge is 0.445 e. The van der Waals surface area contributed by atoms with E-state index in [9.17, 15) is 4.79 Å². The number of carbonyl (C=O) groups excluding carboxylic acids is 1. The highest BCUT2D eigenvalue weighted by Crippen LogP contribution is 2.30. The highest BCUT2D eigenvalue weighted by molar-refractivity contribution is 5.67. The lowest BCUT2D eigenvalue weighted by atomic mass is 9.91. The number of ether oxygens (including phenoxy) is 1. The van der Waals surface area contributed by atoms with Crippen LogP contribution in [-0.4, -0.2) is 40.9 Å². The second-order valence-corrected chi connectivity index (χ2v) is 4.64. The lowest BCUT2D eigenvalue weighted by Gasteiger charge is -2.30. The average Bonchev–Trinajstić information content (AvgIpc) is 2.85. The van der Waals surface area contributed by atoms with Crippen LogP contribution in [0, 0.1) is 11.3 Å². The number of anilines is 1. The van der Waals surface area contributed by atoms with Gasteiger partial charge in [0.15, 0.2) is 5.82 Å². The second-order valence-electron chi connectivity index (χ2n) is 4.64. The van der Waals surface area contributed by atoms with Crippen molar-refractivity contribution < 1.29 is 9.53 Å². The minimum atomic E-state index is -0.326. The first-order valence-corrected chi connectivity index (χ1v) is 6.43. The van der Waals surface area contributed by atoms with Crippen molar-refractivity contribution in [2.75, 3.05) is 25.4 Å². The van der Waals surface area contributed by atoms with Gasteiger partial charge >= 0.3 is 6.09 Å². The van der Waals surface area contributed by atoms with Crippen LogP contribution in [-0.2, 0) is 4.74 Å². The number of nitrogen functional groups attached to an aromatic ring is 1. The van der Waals surface area contributed by atoms with Gasteiger partial charge in [-0.05, 0) is 12.8 Å². The number of carbonyl (C=O) groups is 1. The van der Waals surface area contributed by atoms with Crippen LogP contribution in [0.5, 0.6) is 0 Å². The van der Waals surface area contributed by atoms with E-state index in [2.05, 4.69) is 22.8 Å². The van der Waals surface area contributed by atoms with Gasteiger partial charge in [0, 0.05) is 19.0 Å². The molecule has 1 aromatic rings. The van der Waals surface area contributed by atoms with Gasteiger partial charge < -0.3 is 15.4 Å². The molecule has 0 aliphatic carbocycles. The Morgan fingerprint density at radius 3 is 2.95 bits per heavy atom. The van der Waals surface area contributed by atoms with E-state index >= 15 is 0 Å². The fourth-order valence-electron chi connectivity index (χ4n) is 2.36. The van der Waals surface area contributed by atoms with Crippen molar-refractivity contribution in [1.29, 1.82) is 5.26 Å². The van der Waals surface area contributed by atoms with Gasteiger partial charge in [-0.1, -0.05) is 12.7 Å². The molecule has 1 aromatic heterocycles. The summed E-state index contributed by atoms with van der Waals surface area (Å²) in [6.45, 7) is 4.89. The maximum atomic E-state index is 11.7. The molecule has 3 N–H and O–H groups in total. The molecule has 1 amide bonds. The summed E-state index contributed by atoms with van der Waals surface area (Å²) in [6.07, 6.45) is 2.71. The van der Waals surface area contributed by atoms with Gasteiger partial charge in [-0.2, -0.15) is 10.4 Å². The maximum absolute atomic E-state index is 11.7. The van der Waals surface area contributed by atoms with Crippen LogP contribution in [0.15, 0.2) is 12.7 Å². The number of hydrogen-bond donors (Lipinski definition) is 2. The summed E-state index contributed by atoms with van der Waals surface area (Å²) >= 11 is 0. The van der Waals surface area contributed by atoms with Crippen LogP contribution in [0.4, 0.5) is 10.6 Å². The third-order valence-electron chi connectivity index (χ3n) is 3.42. The zero-order valence-corrected chi connectivity index (χ0v) is 11.1. The molecule has 106 valence electrons. The van der Waals surface area contributed by atoms with Crippen molar-refractivity contribution in [3.8, 4) is 6.07 Å². The van der Waals surface area contributed by atoms with Crippen molar-refractivity contribution in [2.45, 2.75) is 18.8 Å². The standard InChI is InChI=1S/C13H17N5O2/c1-2-7-20-13(19)18-5-3-9(4-6-18)11-10(8-14)12(15)17-16-11/h2,9H,1,3-7H2,(H3,15,16,17). The van der Waals surface area contributed by atoms with E-state index in [-0.39, 0.29) is 24.4 Å². The average molecular weight is 275 g/mol. The Labute approximate surface area is 117 Å². The van der Waals surface area contributed by atoms with Crippen LogP contribution < -0.4 is 5.73 Å². The number of rotatable bonds is 3. The molecule has 1 aliphatic rings. The first-order valence-electron chi connectivity index (χ1n) is 6.43. The van der Waals surface area contributed by atoms with E-state index in [1.807, 2.05) is 0 Å². The van der Waals surface area contributed by atoms with Crippen LogP contribution in [0.1, 0.15) is 30.0 Å². The third-order valence-corrected chi connectivity index (χ3v) is 3.42. The van der Waals surface area contributed by atoms with Gasteiger partial charge in [0.05, 0.1) is 5.69 Å². The topological polar surface area (TPSA) is 108 Å². The van der Waals surface area contributed by atoms with E-state index < -0.39 is 0 Å². The Morgan fingerprint density at radius 2 is 2.35 bits per heavy atom. The molecule has 0 atom stereocenters. The van der Waals surface area contributed by atoms with Crippen LogP contribution >= 0.6 is 0 Å². The molecule has 0 aromatic carbocycles. The molecule has 20 heavy (non-hydrogen) atoms. The van der Waals surface area contributed by atoms with Gasteiger partial charge in [-0.15, -0.1) is 0 Å². The van der Waals surface area contributed by atoms with Crippen LogP contribution in [0.3, 0.4) is 0 Å². The predicted octanol–water partition coefficient (Wildman–Crippen LogP) is 1.37. The van der Waals surface area contributed by atoms with Crippen molar-refractivity contribution in [3.63, 3.8) is 0 Å². The Morgan fingerprint density at radius 1 is 1.65 bits per heavy atom. The quantitative estimate of drug-likeness (QED) is 0.810. The fraction of sp³-hybridized carbons (Fsp3) is 0.462. The molecular weight excluding hydrogens is 258 g/mol. The highest BCUT2D eigenvalue weighted by Gasteiger charge is 2.28. The molecule has 0 spiro atoms. The van der Waals surface area contributed by atoms with Gasteiger partial charge in [0.2, 0.25) is 0 Å². The Bertz CT molecular complexity index is 537. The number of aromatic nitrogens is 2. The summed E-state index contributed by atoms with van der Waals surface area (Å²) in [5.41, 5.74) is 6.81. The lowest BCUT2D eigenvalue weighted by molar-refractivity contribution is 0.102. The number of nitrogens with zero attached hydrogens (tertiary/aromatic N) is 3.